The van der Waals surface area contributed by atoms with Crippen molar-refractivity contribution >= 4 is 0 Å². The van der Waals surface area contributed by atoms with Gasteiger partial charge in [0.2, 0.25) is 0 Å². The molecule has 114 valence electrons. The molecule has 2 saturated heterocycles. The first-order chi connectivity index (χ1) is 10.3. The molecule has 2 unspecified atom stereocenters. The minimum atomic E-state index is 0.767. The van der Waals surface area contributed by atoms with Crippen LogP contribution in [0.4, 0.5) is 0 Å². The van der Waals surface area contributed by atoms with Crippen molar-refractivity contribution in [2.24, 2.45) is 0 Å². The van der Waals surface area contributed by atoms with Crippen LogP contribution < -0.4 is 5.32 Å². The molecule has 0 aromatic heterocycles. The number of nitrogens with one attached hydrogen (secondary N) is 1. The van der Waals surface area contributed by atoms with E-state index in [1.807, 2.05) is 0 Å². The number of hydrogen-bond donors (Lipinski definition) is 1. The minimum absolute atomic E-state index is 0.767. The van der Waals surface area contributed by atoms with Crippen molar-refractivity contribution in [3.05, 3.63) is 35.4 Å². The average molecular weight is 284 g/mol. The number of hydrogen-bond acceptors (Lipinski definition) is 2. The minimum Gasteiger partial charge on any atom is -0.310 e. The Morgan fingerprint density at radius 1 is 1.00 bits per heavy atom. The lowest BCUT2D eigenvalue weighted by Gasteiger charge is -2.40. The van der Waals surface area contributed by atoms with Crippen LogP contribution in [0.5, 0.6) is 0 Å². The van der Waals surface area contributed by atoms with Gasteiger partial charge < -0.3 is 5.32 Å². The van der Waals surface area contributed by atoms with E-state index >= 15 is 0 Å². The topological polar surface area (TPSA) is 15.3 Å². The highest BCUT2D eigenvalue weighted by Crippen LogP contribution is 2.38. The predicted molar refractivity (Wildman–Crippen MR) is 87.7 cm³/mol. The molecule has 2 atom stereocenters. The Morgan fingerprint density at radius 3 is 2.62 bits per heavy atom. The summed E-state index contributed by atoms with van der Waals surface area (Å²) in [5.74, 6) is 0.798. The zero-order chi connectivity index (χ0) is 14.2. The van der Waals surface area contributed by atoms with Gasteiger partial charge in [0.05, 0.1) is 0 Å². The first-order valence-electron chi connectivity index (χ1n) is 8.86. The van der Waals surface area contributed by atoms with Crippen LogP contribution >= 0.6 is 0 Å². The monoisotopic (exact) mass is 284 g/mol. The molecule has 0 spiro atoms. The third kappa shape index (κ3) is 2.76. The molecule has 2 heterocycles. The number of benzene rings is 1. The van der Waals surface area contributed by atoms with Crippen LogP contribution in [-0.2, 0) is 0 Å². The molecule has 21 heavy (non-hydrogen) atoms. The third-order valence-corrected chi connectivity index (χ3v) is 5.99. The van der Waals surface area contributed by atoms with E-state index in [0.717, 1.165) is 24.0 Å². The average Bonchev–Trinajstić information content (AvgIpc) is 2.87. The third-order valence-electron chi connectivity index (χ3n) is 5.99. The first-order valence-corrected chi connectivity index (χ1v) is 8.86. The van der Waals surface area contributed by atoms with E-state index in [1.165, 1.54) is 57.2 Å². The molecule has 1 aliphatic carbocycles. The summed E-state index contributed by atoms with van der Waals surface area (Å²) in [6.45, 7) is 4.85. The summed E-state index contributed by atoms with van der Waals surface area (Å²) >= 11 is 0. The number of nitrogens with zero attached hydrogens (tertiary/aromatic N) is 1. The highest BCUT2D eigenvalue weighted by Gasteiger charge is 2.39. The fraction of sp³-hybridized carbons (Fsp3) is 0.684. The standard InChI is InChI=1S/C19H28N2/c1-14-5-7-15(8-6-14)16-12-17(13-16)20-18-9-11-21-10-3-2-4-19(18)21/h5-8,16-20H,2-4,9-13H2,1H3. The van der Waals surface area contributed by atoms with Crippen LogP contribution in [0.15, 0.2) is 24.3 Å². The van der Waals surface area contributed by atoms with Gasteiger partial charge in [-0.1, -0.05) is 36.2 Å². The molecule has 0 radical (unpaired) electrons. The number of rotatable bonds is 3. The molecule has 1 aromatic rings. The number of fused-ring (bicyclic) bond motifs is 1. The van der Waals surface area contributed by atoms with Crippen LogP contribution in [-0.4, -0.2) is 36.1 Å². The maximum absolute atomic E-state index is 3.98. The van der Waals surface area contributed by atoms with E-state index in [1.54, 1.807) is 5.56 Å². The molecule has 1 aromatic carbocycles. The zero-order valence-corrected chi connectivity index (χ0v) is 13.2. The molecule has 3 fully saturated rings. The Labute approximate surface area is 128 Å². The van der Waals surface area contributed by atoms with Gasteiger partial charge in [-0.15, -0.1) is 0 Å². The van der Waals surface area contributed by atoms with E-state index in [2.05, 4.69) is 41.4 Å². The summed E-state index contributed by atoms with van der Waals surface area (Å²) in [6.07, 6.45) is 8.33. The molecule has 2 nitrogen and oxygen atoms in total. The molecule has 0 amide bonds. The molecular weight excluding hydrogens is 256 g/mol. The predicted octanol–water partition coefficient (Wildman–Crippen LogP) is 3.46. The quantitative estimate of drug-likeness (QED) is 0.914. The van der Waals surface area contributed by atoms with Crippen LogP contribution in [0.25, 0.3) is 0 Å². The summed E-state index contributed by atoms with van der Waals surface area (Å²) in [7, 11) is 0. The molecule has 3 aliphatic rings. The second kappa shape index (κ2) is 5.73. The number of piperidine rings is 1. The van der Waals surface area contributed by atoms with Gasteiger partial charge in [0, 0.05) is 24.7 Å². The Morgan fingerprint density at radius 2 is 1.81 bits per heavy atom. The molecule has 2 aliphatic heterocycles. The van der Waals surface area contributed by atoms with Gasteiger partial charge in [-0.3, -0.25) is 4.90 Å². The van der Waals surface area contributed by atoms with Crippen LogP contribution in [0, 0.1) is 6.92 Å². The second-order valence-electron chi connectivity index (χ2n) is 7.44. The second-order valence-corrected chi connectivity index (χ2v) is 7.44. The van der Waals surface area contributed by atoms with Crippen molar-refractivity contribution < 1.29 is 0 Å². The largest absolute Gasteiger partial charge is 0.310 e. The van der Waals surface area contributed by atoms with Crippen LogP contribution in [0.1, 0.15) is 55.6 Å². The highest BCUT2D eigenvalue weighted by molar-refractivity contribution is 5.26. The van der Waals surface area contributed by atoms with Gasteiger partial charge in [-0.2, -0.15) is 0 Å². The van der Waals surface area contributed by atoms with Gasteiger partial charge in [-0.25, -0.2) is 0 Å². The summed E-state index contributed by atoms with van der Waals surface area (Å²) in [5.41, 5.74) is 2.92. The maximum Gasteiger partial charge on any atom is 0.0249 e. The summed E-state index contributed by atoms with van der Waals surface area (Å²) < 4.78 is 0. The number of aryl methyl sites for hydroxylation is 1. The van der Waals surface area contributed by atoms with Gasteiger partial charge in [0.1, 0.15) is 0 Å². The lowest BCUT2D eigenvalue weighted by molar-refractivity contribution is 0.164. The van der Waals surface area contributed by atoms with E-state index in [-0.39, 0.29) is 0 Å². The van der Waals surface area contributed by atoms with Crippen LogP contribution in [0.2, 0.25) is 0 Å². The Balaban J connectivity index is 1.29. The van der Waals surface area contributed by atoms with Gasteiger partial charge in [0.25, 0.3) is 0 Å². The van der Waals surface area contributed by atoms with Crippen molar-refractivity contribution in [3.8, 4) is 0 Å². The molecule has 0 bridgehead atoms. The van der Waals surface area contributed by atoms with E-state index in [0.29, 0.717) is 0 Å². The Hall–Kier alpha value is -0.860. The molecule has 1 N–H and O–H groups in total. The SMILES string of the molecule is Cc1ccc(C2CC(NC3CCN4CCCCC34)C2)cc1. The van der Waals surface area contributed by atoms with E-state index in [4.69, 9.17) is 0 Å². The Kier molecular flexibility index (Phi) is 3.76. The van der Waals surface area contributed by atoms with E-state index < -0.39 is 0 Å². The van der Waals surface area contributed by atoms with Crippen molar-refractivity contribution in [1.29, 1.82) is 0 Å². The smallest absolute Gasteiger partial charge is 0.0249 e. The normalized spacial score (nSPS) is 36.2. The van der Waals surface area contributed by atoms with Crippen molar-refractivity contribution in [2.75, 3.05) is 13.1 Å². The van der Waals surface area contributed by atoms with E-state index in [9.17, 15) is 0 Å². The molecule has 2 heteroatoms. The van der Waals surface area contributed by atoms with Crippen molar-refractivity contribution in [1.82, 2.24) is 10.2 Å². The molecule has 4 rings (SSSR count). The fourth-order valence-electron chi connectivity index (χ4n) is 4.61. The van der Waals surface area contributed by atoms with Gasteiger partial charge >= 0.3 is 0 Å². The summed E-state index contributed by atoms with van der Waals surface area (Å²) in [6, 6.07) is 11.6. The summed E-state index contributed by atoms with van der Waals surface area (Å²) in [4.78, 5) is 2.73. The maximum atomic E-state index is 3.98. The zero-order valence-electron chi connectivity index (χ0n) is 13.2. The fourth-order valence-corrected chi connectivity index (χ4v) is 4.61. The van der Waals surface area contributed by atoms with Gasteiger partial charge in [0.15, 0.2) is 0 Å². The first kappa shape index (κ1) is 13.8. The molecule has 1 saturated carbocycles. The Bertz CT molecular complexity index is 475. The van der Waals surface area contributed by atoms with Gasteiger partial charge in [-0.05, 0) is 57.1 Å². The van der Waals surface area contributed by atoms with Crippen LogP contribution in [0.3, 0.4) is 0 Å². The lowest BCUT2D eigenvalue weighted by Crippen LogP contribution is -2.51. The summed E-state index contributed by atoms with van der Waals surface area (Å²) in [5, 5.41) is 3.98. The lowest BCUT2D eigenvalue weighted by atomic mass is 9.75. The van der Waals surface area contributed by atoms with Crippen molar-refractivity contribution in [3.63, 3.8) is 0 Å². The van der Waals surface area contributed by atoms with Crippen molar-refractivity contribution in [2.45, 2.75) is 69.5 Å². The highest BCUT2D eigenvalue weighted by atomic mass is 15.2. The molecular formula is C19H28N2.